The number of benzene rings is 1. The number of rotatable bonds is 4. The minimum Gasteiger partial charge on any atom is -0.388 e. The van der Waals surface area contributed by atoms with E-state index >= 15 is 0 Å². The van der Waals surface area contributed by atoms with Gasteiger partial charge in [0.25, 0.3) is 0 Å². The summed E-state index contributed by atoms with van der Waals surface area (Å²) in [6.07, 6.45) is -4.25. The number of halogens is 5. The molecule has 3 rings (SSSR count). The van der Waals surface area contributed by atoms with Gasteiger partial charge in [-0.1, -0.05) is 13.8 Å². The van der Waals surface area contributed by atoms with Crippen LogP contribution >= 0.6 is 12.4 Å². The molecule has 3 atom stereocenters. The van der Waals surface area contributed by atoms with Crippen LogP contribution in [0.15, 0.2) is 21.3 Å². The number of hydrogen-bond acceptors (Lipinski definition) is 5. The summed E-state index contributed by atoms with van der Waals surface area (Å²) in [5.74, 6) is -2.65. The van der Waals surface area contributed by atoms with Crippen molar-refractivity contribution >= 4 is 18.1 Å². The monoisotopic (exact) mass is 424 g/mol. The quantitative estimate of drug-likeness (QED) is 0.649. The topological polar surface area (TPSA) is 96.9 Å². The maximum absolute atomic E-state index is 14.3. The van der Waals surface area contributed by atoms with Gasteiger partial charge < -0.3 is 15.5 Å². The van der Waals surface area contributed by atoms with Gasteiger partial charge >= 0.3 is 11.9 Å². The zero-order valence-corrected chi connectivity index (χ0v) is 16.2. The van der Waals surface area contributed by atoms with E-state index in [0.717, 1.165) is 6.07 Å². The highest BCUT2D eigenvalue weighted by molar-refractivity contribution is 5.85. The van der Waals surface area contributed by atoms with E-state index in [1.807, 2.05) is 18.9 Å². The van der Waals surface area contributed by atoms with E-state index < -0.39 is 29.0 Å². The number of nitrogens with one attached hydrogen (secondary N) is 2. The Kier molecular flexibility index (Phi) is 5.87. The lowest BCUT2D eigenvalue weighted by Crippen LogP contribution is -2.59. The molecule has 11 heteroatoms. The lowest BCUT2D eigenvalue weighted by atomic mass is 9.56. The molecule has 2 aromatic rings. The molecule has 0 amide bonds. The molecule has 0 bridgehead atoms. The van der Waals surface area contributed by atoms with E-state index in [1.165, 1.54) is 0 Å². The van der Waals surface area contributed by atoms with Crippen LogP contribution in [0, 0.1) is 17.2 Å². The fourth-order valence-corrected chi connectivity index (χ4v) is 3.68. The molecule has 1 aliphatic carbocycles. The van der Waals surface area contributed by atoms with Crippen LogP contribution in [-0.2, 0) is 6.18 Å². The third kappa shape index (κ3) is 3.88. The van der Waals surface area contributed by atoms with Crippen LogP contribution < -0.4 is 16.8 Å². The zero-order valence-electron chi connectivity index (χ0n) is 15.4. The molecule has 1 unspecified atom stereocenters. The van der Waals surface area contributed by atoms with Gasteiger partial charge in [0, 0.05) is 17.6 Å². The predicted octanol–water partition coefficient (Wildman–Crippen LogP) is 3.78. The first-order chi connectivity index (χ1) is 12.4. The number of hydrogen-bond donors (Lipinski definition) is 3. The second kappa shape index (κ2) is 7.40. The van der Waals surface area contributed by atoms with Crippen molar-refractivity contribution in [1.29, 1.82) is 0 Å². The molecule has 4 N–H and O–H groups in total. The molecule has 1 aliphatic rings. The molecule has 1 fully saturated rings. The van der Waals surface area contributed by atoms with Crippen LogP contribution in [0.25, 0.3) is 11.5 Å². The van der Waals surface area contributed by atoms with Crippen molar-refractivity contribution < 1.29 is 22.0 Å². The highest BCUT2D eigenvalue weighted by Gasteiger charge is 2.49. The third-order valence-corrected chi connectivity index (χ3v) is 5.46. The molecule has 0 radical (unpaired) electrons. The Labute approximate surface area is 164 Å². The van der Waals surface area contributed by atoms with E-state index in [4.69, 9.17) is 10.2 Å². The van der Waals surface area contributed by atoms with Crippen LogP contribution in [0.2, 0.25) is 0 Å². The molecule has 1 aromatic carbocycles. The Hall–Kier alpha value is -2.07. The highest BCUT2D eigenvalue weighted by Crippen LogP contribution is 2.48. The van der Waals surface area contributed by atoms with Gasteiger partial charge in [0.15, 0.2) is 0 Å². The van der Waals surface area contributed by atoms with Crippen molar-refractivity contribution in [3.8, 4) is 11.5 Å². The third-order valence-electron chi connectivity index (χ3n) is 5.46. The van der Waals surface area contributed by atoms with Gasteiger partial charge in [-0.3, -0.25) is 0 Å². The summed E-state index contributed by atoms with van der Waals surface area (Å²) in [7, 11) is 0. The van der Waals surface area contributed by atoms with Crippen LogP contribution in [-0.4, -0.2) is 22.3 Å². The van der Waals surface area contributed by atoms with Crippen molar-refractivity contribution in [1.82, 2.24) is 10.2 Å². The molecular formula is C17H21ClF4N4O2. The molecule has 28 heavy (non-hydrogen) atoms. The molecule has 0 aliphatic heterocycles. The minimum absolute atomic E-state index is 0. The Bertz CT molecular complexity index is 909. The lowest BCUT2D eigenvalue weighted by molar-refractivity contribution is -0.139. The summed E-state index contributed by atoms with van der Waals surface area (Å²) in [4.78, 5) is 11.1. The average Bonchev–Trinajstić information content (AvgIpc) is 2.97. The maximum atomic E-state index is 14.3. The smallest absolute Gasteiger partial charge is 0.388 e. The van der Waals surface area contributed by atoms with Gasteiger partial charge in [0.05, 0.1) is 5.69 Å². The summed E-state index contributed by atoms with van der Waals surface area (Å²) in [6.45, 7) is 5.63. The summed E-state index contributed by atoms with van der Waals surface area (Å²) < 4.78 is 59.3. The number of nitrogens with zero attached hydrogens (tertiary/aromatic N) is 1. The maximum Gasteiger partial charge on any atom is 0.434 e. The first-order valence-electron chi connectivity index (χ1n) is 8.40. The Morgan fingerprint density at radius 2 is 2.04 bits per heavy atom. The number of nitrogens with two attached hydrogens (primary N) is 1. The first kappa shape index (κ1) is 22.2. The van der Waals surface area contributed by atoms with Gasteiger partial charge in [0.1, 0.15) is 11.4 Å². The molecular weight excluding hydrogens is 404 g/mol. The Morgan fingerprint density at radius 3 is 2.50 bits per heavy atom. The zero-order chi connectivity index (χ0) is 20.1. The highest BCUT2D eigenvalue weighted by atomic mass is 35.5. The molecule has 0 spiro atoms. The number of H-pyrrole nitrogens is 1. The van der Waals surface area contributed by atoms with Crippen LogP contribution in [0.4, 0.5) is 23.2 Å². The molecule has 156 valence electrons. The van der Waals surface area contributed by atoms with Crippen molar-refractivity contribution in [3.05, 3.63) is 34.1 Å². The van der Waals surface area contributed by atoms with Crippen LogP contribution in [0.5, 0.6) is 0 Å². The number of alkyl halides is 3. The largest absolute Gasteiger partial charge is 0.434 e. The molecule has 6 nitrogen and oxygen atoms in total. The fourth-order valence-electron chi connectivity index (χ4n) is 3.68. The summed E-state index contributed by atoms with van der Waals surface area (Å²) in [6, 6.07) is 1.28. The van der Waals surface area contributed by atoms with E-state index in [-0.39, 0.29) is 47.3 Å². The standard InChI is InChI=1S/C17H20F4N4O2.ClH/c1-7(9-6-12(22)16(9,2)3)23-11-5-8(14-24-25-15(26)27-14)4-10(18)13(11)17(19,20)21;/h4-5,7,9,12,23H,6,22H2,1-3H3,(H,25,26);1H/t7?,9-,12-;/m0./s1. The van der Waals surface area contributed by atoms with Crippen molar-refractivity contribution in [3.63, 3.8) is 0 Å². The number of anilines is 1. The Morgan fingerprint density at radius 1 is 1.39 bits per heavy atom. The SMILES string of the molecule is CC(Nc1cc(-c2n[nH]c(=O)o2)cc(F)c1C(F)(F)F)[C@@H]1C[C@H](N)C1(C)C.Cl. The van der Waals surface area contributed by atoms with Crippen molar-refractivity contribution in [2.45, 2.75) is 45.5 Å². The predicted molar refractivity (Wildman–Crippen MR) is 97.7 cm³/mol. The molecule has 1 aromatic heterocycles. The summed E-state index contributed by atoms with van der Waals surface area (Å²) in [5, 5.41) is 8.31. The second-order valence-corrected chi connectivity index (χ2v) is 7.50. The molecule has 1 saturated carbocycles. The second-order valence-electron chi connectivity index (χ2n) is 7.50. The summed E-state index contributed by atoms with van der Waals surface area (Å²) >= 11 is 0. The van der Waals surface area contributed by atoms with Gasteiger partial charge in [-0.2, -0.15) is 13.2 Å². The lowest BCUT2D eigenvalue weighted by Gasteiger charge is -2.53. The fraction of sp³-hybridized carbons (Fsp3) is 0.529. The van der Waals surface area contributed by atoms with Gasteiger partial charge in [-0.05, 0) is 36.8 Å². The Balaban J connectivity index is 0.00000280. The normalized spacial score (nSPS) is 22.1. The van der Waals surface area contributed by atoms with Crippen LogP contribution in [0.3, 0.4) is 0 Å². The van der Waals surface area contributed by atoms with Gasteiger partial charge in [0.2, 0.25) is 5.89 Å². The van der Waals surface area contributed by atoms with Crippen molar-refractivity contribution in [2.75, 3.05) is 5.32 Å². The van der Waals surface area contributed by atoms with E-state index in [0.29, 0.717) is 12.5 Å². The number of aromatic amines is 1. The van der Waals surface area contributed by atoms with E-state index in [2.05, 4.69) is 10.4 Å². The van der Waals surface area contributed by atoms with E-state index in [1.54, 1.807) is 6.92 Å². The first-order valence-corrected chi connectivity index (χ1v) is 8.40. The van der Waals surface area contributed by atoms with Crippen LogP contribution in [0.1, 0.15) is 32.8 Å². The van der Waals surface area contributed by atoms with Crippen molar-refractivity contribution in [2.24, 2.45) is 17.1 Å². The molecule has 1 heterocycles. The van der Waals surface area contributed by atoms with E-state index in [9.17, 15) is 22.4 Å². The van der Waals surface area contributed by atoms with Gasteiger partial charge in [-0.15, -0.1) is 17.5 Å². The molecule has 0 saturated heterocycles. The number of aromatic nitrogens is 2. The van der Waals surface area contributed by atoms with Gasteiger partial charge in [-0.25, -0.2) is 14.3 Å². The summed E-state index contributed by atoms with van der Waals surface area (Å²) in [5.41, 5.74) is 3.80. The minimum atomic E-state index is -4.90. The average molecular weight is 425 g/mol.